The Morgan fingerprint density at radius 1 is 1.31 bits per heavy atom. The van der Waals surface area contributed by atoms with E-state index in [4.69, 9.17) is 4.52 Å². The predicted molar refractivity (Wildman–Crippen MR) is 105 cm³/mol. The van der Waals surface area contributed by atoms with Crippen molar-refractivity contribution < 1.29 is 9.32 Å². The van der Waals surface area contributed by atoms with Gasteiger partial charge in [-0.05, 0) is 32.3 Å². The predicted octanol–water partition coefficient (Wildman–Crippen LogP) is 2.12. The van der Waals surface area contributed by atoms with Crippen LogP contribution in [0.3, 0.4) is 0 Å². The Labute approximate surface area is 167 Å². The normalized spacial score (nSPS) is 15.0. The molecule has 1 saturated heterocycles. The molecule has 1 amide bonds. The molecule has 0 aromatic carbocycles. The summed E-state index contributed by atoms with van der Waals surface area (Å²) in [5.74, 6) is 2.40. The van der Waals surface area contributed by atoms with Crippen molar-refractivity contribution in [2.75, 3.05) is 13.1 Å². The quantitative estimate of drug-likeness (QED) is 0.683. The van der Waals surface area contributed by atoms with Crippen LogP contribution in [0.1, 0.15) is 43.3 Å². The van der Waals surface area contributed by atoms with Gasteiger partial charge in [-0.3, -0.25) is 9.59 Å². The number of aromatic nitrogens is 5. The first-order chi connectivity index (χ1) is 14.1. The molecule has 29 heavy (non-hydrogen) atoms. The number of likely N-dealkylation sites (tertiary alicyclic amines) is 1. The Bertz CT molecular complexity index is 1010. The van der Waals surface area contributed by atoms with Gasteiger partial charge in [-0.1, -0.05) is 5.16 Å². The molecule has 0 aliphatic carbocycles. The van der Waals surface area contributed by atoms with Gasteiger partial charge in [-0.15, -0.1) is 0 Å². The van der Waals surface area contributed by atoms with Gasteiger partial charge in [0.15, 0.2) is 5.82 Å². The van der Waals surface area contributed by atoms with Crippen LogP contribution in [0.25, 0.3) is 11.5 Å². The van der Waals surface area contributed by atoms with E-state index in [1.54, 1.807) is 18.5 Å². The molecular weight excluding hydrogens is 372 g/mol. The van der Waals surface area contributed by atoms with Gasteiger partial charge < -0.3 is 19.0 Å². The standard InChI is InChI=1S/C20H24N6O3/c1-14-21-8-12-25(14)9-2-3-18(28)26-10-6-15(7-11-26)19-23-20(29-24-19)16-4-5-17(27)22-13-16/h4-5,8,12-13,15H,2-3,6-7,9-11H2,1H3,(H,22,27). The Morgan fingerprint density at radius 3 is 2.83 bits per heavy atom. The third kappa shape index (κ3) is 4.44. The third-order valence-corrected chi connectivity index (χ3v) is 5.40. The maximum Gasteiger partial charge on any atom is 0.259 e. The topological polar surface area (TPSA) is 110 Å². The average Bonchev–Trinajstić information content (AvgIpc) is 3.38. The number of H-pyrrole nitrogens is 1. The van der Waals surface area contributed by atoms with E-state index in [0.717, 1.165) is 31.6 Å². The summed E-state index contributed by atoms with van der Waals surface area (Å²) in [7, 11) is 0. The van der Waals surface area contributed by atoms with Gasteiger partial charge in [-0.2, -0.15) is 4.98 Å². The number of imidazole rings is 1. The summed E-state index contributed by atoms with van der Waals surface area (Å²) in [5.41, 5.74) is 0.509. The second-order valence-electron chi connectivity index (χ2n) is 7.33. The molecule has 152 valence electrons. The summed E-state index contributed by atoms with van der Waals surface area (Å²) in [4.78, 5) is 36.9. The van der Waals surface area contributed by atoms with Crippen LogP contribution < -0.4 is 5.56 Å². The van der Waals surface area contributed by atoms with Crippen LogP contribution in [0.4, 0.5) is 0 Å². The fourth-order valence-corrected chi connectivity index (χ4v) is 3.65. The van der Waals surface area contributed by atoms with Crippen molar-refractivity contribution in [1.29, 1.82) is 0 Å². The Kier molecular flexibility index (Phi) is 5.55. The lowest BCUT2D eigenvalue weighted by molar-refractivity contribution is -0.132. The van der Waals surface area contributed by atoms with Crippen molar-refractivity contribution in [3.8, 4) is 11.5 Å². The van der Waals surface area contributed by atoms with Crippen LogP contribution in [0.2, 0.25) is 0 Å². The molecule has 0 atom stereocenters. The first kappa shape index (κ1) is 19.1. The summed E-state index contributed by atoms with van der Waals surface area (Å²) < 4.78 is 7.41. The number of pyridine rings is 1. The van der Waals surface area contributed by atoms with E-state index in [1.165, 1.54) is 6.07 Å². The van der Waals surface area contributed by atoms with Crippen molar-refractivity contribution in [1.82, 2.24) is 29.6 Å². The van der Waals surface area contributed by atoms with Crippen LogP contribution in [0.15, 0.2) is 40.0 Å². The van der Waals surface area contributed by atoms with Crippen molar-refractivity contribution in [2.45, 2.75) is 45.1 Å². The number of hydrogen-bond acceptors (Lipinski definition) is 6. The molecule has 3 aromatic rings. The number of piperidine rings is 1. The fourth-order valence-electron chi connectivity index (χ4n) is 3.65. The minimum atomic E-state index is -0.175. The zero-order valence-electron chi connectivity index (χ0n) is 16.4. The van der Waals surface area contributed by atoms with E-state index in [1.807, 2.05) is 18.0 Å². The van der Waals surface area contributed by atoms with Gasteiger partial charge in [-0.25, -0.2) is 4.98 Å². The van der Waals surface area contributed by atoms with Crippen molar-refractivity contribution in [3.63, 3.8) is 0 Å². The first-order valence-electron chi connectivity index (χ1n) is 9.88. The maximum atomic E-state index is 12.5. The molecule has 4 heterocycles. The van der Waals surface area contributed by atoms with Crippen LogP contribution in [0, 0.1) is 6.92 Å². The van der Waals surface area contributed by atoms with Crippen molar-refractivity contribution in [2.24, 2.45) is 0 Å². The number of nitrogens with one attached hydrogen (secondary N) is 1. The van der Waals surface area contributed by atoms with E-state index in [2.05, 4.69) is 24.7 Å². The summed E-state index contributed by atoms with van der Waals surface area (Å²) in [5, 5.41) is 4.10. The molecule has 3 aromatic heterocycles. The molecule has 0 bridgehead atoms. The monoisotopic (exact) mass is 396 g/mol. The number of aromatic amines is 1. The van der Waals surface area contributed by atoms with Gasteiger partial charge in [0.25, 0.3) is 5.89 Å². The molecule has 1 N–H and O–H groups in total. The van der Waals surface area contributed by atoms with Gasteiger partial charge in [0.05, 0.1) is 5.56 Å². The molecular formula is C20H24N6O3. The number of amides is 1. The molecule has 1 aliphatic rings. The van der Waals surface area contributed by atoms with E-state index in [9.17, 15) is 9.59 Å². The molecule has 9 nitrogen and oxygen atoms in total. The Balaban J connectivity index is 1.27. The smallest absolute Gasteiger partial charge is 0.259 e. The van der Waals surface area contributed by atoms with E-state index >= 15 is 0 Å². The van der Waals surface area contributed by atoms with Crippen LogP contribution in [-0.2, 0) is 11.3 Å². The summed E-state index contributed by atoms with van der Waals surface area (Å²) in [6, 6.07) is 3.08. The zero-order valence-corrected chi connectivity index (χ0v) is 16.4. The highest BCUT2D eigenvalue weighted by atomic mass is 16.5. The molecule has 0 radical (unpaired) electrons. The number of hydrogen-bond donors (Lipinski definition) is 1. The van der Waals surface area contributed by atoms with Crippen LogP contribution in [-0.4, -0.2) is 48.6 Å². The Morgan fingerprint density at radius 2 is 2.14 bits per heavy atom. The SMILES string of the molecule is Cc1nccn1CCCC(=O)N1CCC(c2noc(-c3ccc(=O)[nH]c3)n2)CC1. The van der Waals surface area contributed by atoms with Crippen molar-refractivity contribution in [3.05, 3.63) is 52.7 Å². The molecule has 0 saturated carbocycles. The van der Waals surface area contributed by atoms with Crippen LogP contribution >= 0.6 is 0 Å². The van der Waals surface area contributed by atoms with E-state index in [0.29, 0.717) is 36.8 Å². The number of aryl methyl sites for hydroxylation is 2. The highest BCUT2D eigenvalue weighted by Gasteiger charge is 2.27. The lowest BCUT2D eigenvalue weighted by Crippen LogP contribution is -2.38. The van der Waals surface area contributed by atoms with Crippen molar-refractivity contribution >= 4 is 5.91 Å². The van der Waals surface area contributed by atoms with Gasteiger partial charge >= 0.3 is 0 Å². The van der Waals surface area contributed by atoms with Crippen LogP contribution in [0.5, 0.6) is 0 Å². The fraction of sp³-hybridized carbons (Fsp3) is 0.450. The lowest BCUT2D eigenvalue weighted by atomic mass is 9.96. The van der Waals surface area contributed by atoms with Gasteiger partial charge in [0, 0.05) is 56.6 Å². The second kappa shape index (κ2) is 8.42. The molecule has 1 fully saturated rings. The number of carbonyl (C=O) groups is 1. The third-order valence-electron chi connectivity index (χ3n) is 5.40. The van der Waals surface area contributed by atoms with Gasteiger partial charge in [0.2, 0.25) is 11.5 Å². The highest BCUT2D eigenvalue weighted by Crippen LogP contribution is 2.28. The van der Waals surface area contributed by atoms with Gasteiger partial charge in [0.1, 0.15) is 5.82 Å². The first-order valence-corrected chi connectivity index (χ1v) is 9.88. The number of nitrogens with zero attached hydrogens (tertiary/aromatic N) is 5. The largest absolute Gasteiger partial charge is 0.343 e. The number of carbonyl (C=O) groups excluding carboxylic acids is 1. The molecule has 0 spiro atoms. The minimum absolute atomic E-state index is 0.174. The molecule has 4 rings (SSSR count). The van der Waals surface area contributed by atoms with E-state index < -0.39 is 0 Å². The molecule has 0 unspecified atom stereocenters. The summed E-state index contributed by atoms with van der Waals surface area (Å²) >= 11 is 0. The lowest BCUT2D eigenvalue weighted by Gasteiger charge is -2.30. The zero-order chi connectivity index (χ0) is 20.2. The summed E-state index contributed by atoms with van der Waals surface area (Å²) in [6.45, 7) is 4.18. The second-order valence-corrected chi connectivity index (χ2v) is 7.33. The average molecular weight is 396 g/mol. The maximum absolute atomic E-state index is 12.5. The Hall–Kier alpha value is -3.23. The number of rotatable bonds is 6. The van der Waals surface area contributed by atoms with E-state index in [-0.39, 0.29) is 17.4 Å². The molecule has 1 aliphatic heterocycles. The highest BCUT2D eigenvalue weighted by molar-refractivity contribution is 5.76. The minimum Gasteiger partial charge on any atom is -0.343 e. The molecule has 9 heteroatoms. The summed E-state index contributed by atoms with van der Waals surface area (Å²) in [6.07, 6.45) is 8.27.